The summed E-state index contributed by atoms with van der Waals surface area (Å²) >= 11 is 0. The number of anilines is 1. The predicted octanol–water partition coefficient (Wildman–Crippen LogP) is 5.16. The van der Waals surface area contributed by atoms with Crippen LogP contribution in [0.3, 0.4) is 0 Å². The van der Waals surface area contributed by atoms with Crippen LogP contribution in [0, 0.1) is 0 Å². The van der Waals surface area contributed by atoms with Crippen molar-refractivity contribution in [1.82, 2.24) is 4.98 Å². The minimum atomic E-state index is 0.0394. The molecule has 3 aromatic carbocycles. The molecule has 0 amide bonds. The molecule has 0 saturated carbocycles. The first kappa shape index (κ1) is 19.6. The summed E-state index contributed by atoms with van der Waals surface area (Å²) in [5.41, 5.74) is 2.25. The van der Waals surface area contributed by atoms with Crippen LogP contribution in [-0.2, 0) is 13.1 Å². The van der Waals surface area contributed by atoms with Gasteiger partial charge in [-0.3, -0.25) is 0 Å². The maximum atomic E-state index is 10.5. The summed E-state index contributed by atoms with van der Waals surface area (Å²) in [5.74, 6) is 2.40. The Morgan fingerprint density at radius 3 is 1.83 bits per heavy atom. The standard InChI is InChI=1S/C25H24N2O3/c1-29-21-11-7-18(8-12-21)16-27(17-19-9-13-22(30-2)14-10-19)24-15-20-5-3-4-6-23(20)25(28)26-24/h3-15H,16-17H2,1-2H3,(H,26,28). The first-order chi connectivity index (χ1) is 14.7. The number of hydrogen-bond donors (Lipinski definition) is 1. The summed E-state index contributed by atoms with van der Waals surface area (Å²) in [4.78, 5) is 6.64. The van der Waals surface area contributed by atoms with Crippen molar-refractivity contribution in [3.63, 3.8) is 0 Å². The third-order valence-electron chi connectivity index (χ3n) is 5.10. The van der Waals surface area contributed by atoms with Crippen molar-refractivity contribution in [2.45, 2.75) is 13.1 Å². The van der Waals surface area contributed by atoms with E-state index in [1.54, 1.807) is 14.2 Å². The minimum Gasteiger partial charge on any atom is -0.497 e. The van der Waals surface area contributed by atoms with Gasteiger partial charge in [0.1, 0.15) is 17.3 Å². The Bertz CT molecular complexity index is 1080. The van der Waals surface area contributed by atoms with Crippen molar-refractivity contribution in [3.8, 4) is 17.4 Å². The highest BCUT2D eigenvalue weighted by Crippen LogP contribution is 2.29. The molecule has 30 heavy (non-hydrogen) atoms. The lowest BCUT2D eigenvalue weighted by Crippen LogP contribution is -2.23. The number of rotatable bonds is 7. The van der Waals surface area contributed by atoms with Crippen molar-refractivity contribution in [2.75, 3.05) is 19.1 Å². The number of pyridine rings is 1. The number of nitrogens with zero attached hydrogens (tertiary/aromatic N) is 2. The molecule has 0 aliphatic rings. The second-order valence-corrected chi connectivity index (χ2v) is 7.08. The van der Waals surface area contributed by atoms with Crippen LogP contribution >= 0.6 is 0 Å². The van der Waals surface area contributed by atoms with Crippen LogP contribution in [0.1, 0.15) is 11.1 Å². The molecule has 0 saturated heterocycles. The third-order valence-corrected chi connectivity index (χ3v) is 5.10. The lowest BCUT2D eigenvalue weighted by molar-refractivity contribution is 0.414. The van der Waals surface area contributed by atoms with Gasteiger partial charge in [0.15, 0.2) is 0 Å². The van der Waals surface area contributed by atoms with E-state index in [1.165, 1.54) is 0 Å². The van der Waals surface area contributed by atoms with Crippen LogP contribution in [0.2, 0.25) is 0 Å². The predicted molar refractivity (Wildman–Crippen MR) is 119 cm³/mol. The van der Waals surface area contributed by atoms with Crippen molar-refractivity contribution >= 4 is 16.6 Å². The van der Waals surface area contributed by atoms with Crippen LogP contribution in [0.15, 0.2) is 78.9 Å². The zero-order chi connectivity index (χ0) is 20.9. The van der Waals surface area contributed by atoms with Crippen LogP contribution in [0.25, 0.3) is 10.8 Å². The molecule has 4 rings (SSSR count). The summed E-state index contributed by atoms with van der Waals surface area (Å²) in [6.07, 6.45) is 0. The van der Waals surface area contributed by atoms with Crippen LogP contribution < -0.4 is 14.4 Å². The van der Waals surface area contributed by atoms with Gasteiger partial charge in [-0.25, -0.2) is 0 Å². The van der Waals surface area contributed by atoms with Gasteiger partial charge in [-0.15, -0.1) is 0 Å². The zero-order valence-corrected chi connectivity index (χ0v) is 17.1. The Balaban J connectivity index is 1.69. The molecule has 0 atom stereocenters. The molecule has 5 nitrogen and oxygen atoms in total. The van der Waals surface area contributed by atoms with E-state index >= 15 is 0 Å². The van der Waals surface area contributed by atoms with Gasteiger partial charge < -0.3 is 19.5 Å². The second-order valence-electron chi connectivity index (χ2n) is 7.08. The lowest BCUT2D eigenvalue weighted by atomic mass is 10.1. The van der Waals surface area contributed by atoms with Gasteiger partial charge in [-0.2, -0.15) is 4.98 Å². The summed E-state index contributed by atoms with van der Waals surface area (Å²) in [5, 5.41) is 12.2. The van der Waals surface area contributed by atoms with E-state index in [9.17, 15) is 5.11 Å². The van der Waals surface area contributed by atoms with Gasteiger partial charge in [0, 0.05) is 18.5 Å². The van der Waals surface area contributed by atoms with Gasteiger partial charge >= 0.3 is 0 Å². The largest absolute Gasteiger partial charge is 0.497 e. The third kappa shape index (κ3) is 4.30. The molecule has 0 unspecified atom stereocenters. The molecule has 1 N–H and O–H groups in total. The molecule has 4 aromatic rings. The number of hydrogen-bond acceptors (Lipinski definition) is 5. The van der Waals surface area contributed by atoms with E-state index in [2.05, 4.69) is 9.88 Å². The zero-order valence-electron chi connectivity index (χ0n) is 17.1. The fraction of sp³-hybridized carbons (Fsp3) is 0.160. The van der Waals surface area contributed by atoms with E-state index < -0.39 is 0 Å². The van der Waals surface area contributed by atoms with E-state index in [0.717, 1.165) is 39.2 Å². The molecule has 0 aliphatic heterocycles. The first-order valence-corrected chi connectivity index (χ1v) is 9.76. The molecular formula is C25H24N2O3. The van der Waals surface area contributed by atoms with Gasteiger partial charge in [0.2, 0.25) is 5.88 Å². The van der Waals surface area contributed by atoms with E-state index in [0.29, 0.717) is 13.1 Å². The number of ether oxygens (including phenoxy) is 2. The summed E-state index contributed by atoms with van der Waals surface area (Å²) < 4.78 is 10.5. The second kappa shape index (κ2) is 8.74. The molecule has 0 radical (unpaired) electrons. The Kier molecular flexibility index (Phi) is 5.70. The topological polar surface area (TPSA) is 54.8 Å². The lowest BCUT2D eigenvalue weighted by Gasteiger charge is -2.25. The van der Waals surface area contributed by atoms with E-state index in [4.69, 9.17) is 9.47 Å². The monoisotopic (exact) mass is 400 g/mol. The maximum absolute atomic E-state index is 10.5. The molecule has 5 heteroatoms. The normalized spacial score (nSPS) is 10.7. The van der Waals surface area contributed by atoms with E-state index in [1.807, 2.05) is 78.9 Å². The van der Waals surface area contributed by atoms with Gasteiger partial charge in [0.05, 0.1) is 14.2 Å². The number of methoxy groups -OCH3 is 2. The molecule has 0 fully saturated rings. The Morgan fingerprint density at radius 1 is 0.767 bits per heavy atom. The maximum Gasteiger partial charge on any atom is 0.220 e. The minimum absolute atomic E-state index is 0.0394. The molecule has 1 aromatic heterocycles. The number of aromatic hydroxyl groups is 1. The smallest absolute Gasteiger partial charge is 0.220 e. The molecule has 0 bridgehead atoms. The van der Waals surface area contributed by atoms with Crippen LogP contribution in [-0.4, -0.2) is 24.3 Å². The van der Waals surface area contributed by atoms with Crippen molar-refractivity contribution < 1.29 is 14.6 Å². The SMILES string of the molecule is COc1ccc(CN(Cc2ccc(OC)cc2)c2cc3ccccc3c(O)n2)cc1. The van der Waals surface area contributed by atoms with Crippen molar-refractivity contribution in [3.05, 3.63) is 90.0 Å². The molecule has 1 heterocycles. The molecule has 152 valence electrons. The Hall–Kier alpha value is -3.73. The quantitative estimate of drug-likeness (QED) is 0.464. The fourth-order valence-electron chi connectivity index (χ4n) is 3.45. The summed E-state index contributed by atoms with van der Waals surface area (Å²) in [6, 6.07) is 25.7. The fourth-order valence-corrected chi connectivity index (χ4v) is 3.45. The van der Waals surface area contributed by atoms with Crippen LogP contribution in [0.5, 0.6) is 17.4 Å². The first-order valence-electron chi connectivity index (χ1n) is 9.76. The number of aromatic nitrogens is 1. The highest BCUT2D eigenvalue weighted by Gasteiger charge is 2.14. The average molecular weight is 400 g/mol. The Morgan fingerprint density at radius 2 is 1.30 bits per heavy atom. The number of benzene rings is 3. The molecular weight excluding hydrogens is 376 g/mol. The van der Waals surface area contributed by atoms with Crippen LogP contribution in [0.4, 0.5) is 5.82 Å². The summed E-state index contributed by atoms with van der Waals surface area (Å²) in [6.45, 7) is 1.28. The summed E-state index contributed by atoms with van der Waals surface area (Å²) in [7, 11) is 3.32. The van der Waals surface area contributed by atoms with Gasteiger partial charge in [0.25, 0.3) is 0 Å². The van der Waals surface area contributed by atoms with Gasteiger partial charge in [-0.05, 0) is 52.9 Å². The average Bonchev–Trinajstić information content (AvgIpc) is 2.79. The van der Waals surface area contributed by atoms with Gasteiger partial charge in [-0.1, -0.05) is 42.5 Å². The van der Waals surface area contributed by atoms with Crippen molar-refractivity contribution in [1.29, 1.82) is 0 Å². The molecule has 0 aliphatic carbocycles. The highest BCUT2D eigenvalue weighted by atomic mass is 16.5. The molecule has 0 spiro atoms. The van der Waals surface area contributed by atoms with Crippen molar-refractivity contribution in [2.24, 2.45) is 0 Å². The number of fused-ring (bicyclic) bond motifs is 1. The van der Waals surface area contributed by atoms with E-state index in [-0.39, 0.29) is 5.88 Å². The highest BCUT2D eigenvalue weighted by molar-refractivity contribution is 5.88. The Labute approximate surface area is 176 Å².